The molecule has 0 saturated carbocycles. The Kier molecular flexibility index (Phi) is 3.87. The fraction of sp³-hybridized carbons (Fsp3) is 0.583. The van der Waals surface area contributed by atoms with Crippen LogP contribution >= 0.6 is 0 Å². The van der Waals surface area contributed by atoms with Gasteiger partial charge in [0, 0.05) is 29.7 Å². The highest BCUT2D eigenvalue weighted by Gasteiger charge is 2.34. The summed E-state index contributed by atoms with van der Waals surface area (Å²) in [6.07, 6.45) is 4.06. The molecule has 3 N–H and O–H groups in total. The van der Waals surface area contributed by atoms with Gasteiger partial charge in [-0.3, -0.25) is 4.98 Å². The molecule has 2 rings (SSSR count). The summed E-state index contributed by atoms with van der Waals surface area (Å²) in [7, 11) is -2.88. The molecule has 0 bridgehead atoms. The van der Waals surface area contributed by atoms with E-state index in [0.717, 1.165) is 12.1 Å². The molecule has 1 aromatic rings. The van der Waals surface area contributed by atoms with Crippen molar-refractivity contribution in [1.29, 1.82) is 0 Å². The first-order valence-corrected chi connectivity index (χ1v) is 7.99. The van der Waals surface area contributed by atoms with Crippen molar-refractivity contribution in [3.8, 4) is 0 Å². The number of nitrogens with zero attached hydrogens (tertiary/aromatic N) is 1. The van der Waals surface area contributed by atoms with E-state index in [1.807, 2.05) is 6.92 Å². The first-order chi connectivity index (χ1) is 8.53. The van der Waals surface area contributed by atoms with E-state index >= 15 is 0 Å². The van der Waals surface area contributed by atoms with Crippen LogP contribution in [0.4, 0.5) is 5.69 Å². The highest BCUT2D eigenvalue weighted by Crippen LogP contribution is 2.33. The zero-order chi connectivity index (χ0) is 13.2. The van der Waals surface area contributed by atoms with Crippen molar-refractivity contribution < 1.29 is 8.42 Å². The number of anilines is 1. The quantitative estimate of drug-likeness (QED) is 0.842. The third-order valence-electron chi connectivity index (χ3n) is 3.39. The molecule has 1 aliphatic heterocycles. The molecule has 18 heavy (non-hydrogen) atoms. The fourth-order valence-corrected chi connectivity index (χ4v) is 4.35. The minimum atomic E-state index is -2.88. The van der Waals surface area contributed by atoms with E-state index in [1.54, 1.807) is 18.5 Å². The van der Waals surface area contributed by atoms with E-state index in [2.05, 4.69) is 10.3 Å². The maximum Gasteiger partial charge on any atom is 0.150 e. The van der Waals surface area contributed by atoms with Gasteiger partial charge in [-0.05, 0) is 24.9 Å². The van der Waals surface area contributed by atoms with Crippen molar-refractivity contribution in [3.05, 3.63) is 24.0 Å². The van der Waals surface area contributed by atoms with E-state index in [4.69, 9.17) is 5.73 Å². The number of aromatic nitrogens is 1. The molecule has 1 saturated heterocycles. The van der Waals surface area contributed by atoms with Crippen molar-refractivity contribution in [1.82, 2.24) is 10.3 Å². The summed E-state index contributed by atoms with van der Waals surface area (Å²) >= 11 is 0. The molecule has 0 spiro atoms. The predicted molar refractivity (Wildman–Crippen MR) is 71.8 cm³/mol. The Morgan fingerprint density at radius 3 is 2.94 bits per heavy atom. The Hall–Kier alpha value is -1.14. The Labute approximate surface area is 108 Å². The van der Waals surface area contributed by atoms with Crippen LogP contribution in [-0.4, -0.2) is 31.5 Å². The number of pyridine rings is 1. The zero-order valence-corrected chi connectivity index (χ0v) is 11.3. The van der Waals surface area contributed by atoms with Crippen LogP contribution in [0.1, 0.15) is 24.9 Å². The summed E-state index contributed by atoms with van der Waals surface area (Å²) in [5, 5.41) is 3.34. The molecule has 0 aliphatic carbocycles. The van der Waals surface area contributed by atoms with Gasteiger partial charge in [-0.1, -0.05) is 6.92 Å². The SMILES string of the molecule is CCNC(c1cnccc1N)C1CCS(=O)(=O)C1. The number of hydrogen-bond donors (Lipinski definition) is 2. The van der Waals surface area contributed by atoms with E-state index in [9.17, 15) is 8.42 Å². The largest absolute Gasteiger partial charge is 0.398 e. The lowest BCUT2D eigenvalue weighted by atomic mass is 9.92. The predicted octanol–water partition coefficient (Wildman–Crippen LogP) is 0.749. The van der Waals surface area contributed by atoms with Crippen LogP contribution in [0.3, 0.4) is 0 Å². The lowest BCUT2D eigenvalue weighted by Crippen LogP contribution is -2.29. The molecule has 6 heteroatoms. The molecule has 0 aromatic carbocycles. The number of rotatable bonds is 4. The van der Waals surface area contributed by atoms with Crippen molar-refractivity contribution in [3.63, 3.8) is 0 Å². The molecule has 2 heterocycles. The van der Waals surface area contributed by atoms with Gasteiger partial charge in [0.25, 0.3) is 0 Å². The number of nitrogen functional groups attached to an aromatic ring is 1. The molecule has 0 amide bonds. The van der Waals surface area contributed by atoms with Crippen LogP contribution in [0.2, 0.25) is 0 Å². The lowest BCUT2D eigenvalue weighted by molar-refractivity contribution is 0.400. The highest BCUT2D eigenvalue weighted by atomic mass is 32.2. The third-order valence-corrected chi connectivity index (χ3v) is 5.18. The van der Waals surface area contributed by atoms with E-state index in [-0.39, 0.29) is 23.5 Å². The molecular formula is C12H19N3O2S. The van der Waals surface area contributed by atoms with Crippen molar-refractivity contribution >= 4 is 15.5 Å². The third kappa shape index (κ3) is 2.81. The van der Waals surface area contributed by atoms with E-state index in [0.29, 0.717) is 12.1 Å². The average Bonchev–Trinajstić information content (AvgIpc) is 2.68. The Bertz CT molecular complexity index is 516. The minimum absolute atomic E-state index is 0.0269. The van der Waals surface area contributed by atoms with Gasteiger partial charge in [0.2, 0.25) is 0 Å². The number of nitrogens with one attached hydrogen (secondary N) is 1. The smallest absolute Gasteiger partial charge is 0.150 e. The van der Waals surface area contributed by atoms with Gasteiger partial charge >= 0.3 is 0 Å². The van der Waals surface area contributed by atoms with Gasteiger partial charge in [-0.2, -0.15) is 0 Å². The summed E-state index contributed by atoms with van der Waals surface area (Å²) < 4.78 is 23.2. The van der Waals surface area contributed by atoms with Crippen LogP contribution in [0.25, 0.3) is 0 Å². The average molecular weight is 269 g/mol. The second-order valence-electron chi connectivity index (χ2n) is 4.70. The highest BCUT2D eigenvalue weighted by molar-refractivity contribution is 7.91. The van der Waals surface area contributed by atoms with E-state index in [1.165, 1.54) is 0 Å². The summed E-state index contributed by atoms with van der Waals surface area (Å²) in [5.74, 6) is 0.597. The normalized spacial score (nSPS) is 23.9. The van der Waals surface area contributed by atoms with Gasteiger partial charge in [0.05, 0.1) is 11.5 Å². The van der Waals surface area contributed by atoms with Crippen LogP contribution in [-0.2, 0) is 9.84 Å². The standard InChI is InChI=1S/C12H19N3O2S/c1-2-15-12(9-4-6-18(16,17)8-9)10-7-14-5-3-11(10)13/h3,5,7,9,12,15H,2,4,6,8H2,1H3,(H2,13,14). The van der Waals surface area contributed by atoms with Crippen LogP contribution in [0.5, 0.6) is 0 Å². The van der Waals surface area contributed by atoms with Crippen LogP contribution in [0.15, 0.2) is 18.5 Å². The summed E-state index contributed by atoms with van der Waals surface area (Å²) in [6, 6.07) is 1.73. The van der Waals surface area contributed by atoms with Crippen molar-refractivity contribution in [2.75, 3.05) is 23.8 Å². The van der Waals surface area contributed by atoms with Gasteiger partial charge in [0.15, 0.2) is 9.84 Å². The number of nitrogens with two attached hydrogens (primary N) is 1. The molecule has 1 aromatic heterocycles. The van der Waals surface area contributed by atoms with Gasteiger partial charge < -0.3 is 11.1 Å². The Balaban J connectivity index is 2.27. The number of hydrogen-bond acceptors (Lipinski definition) is 5. The maximum atomic E-state index is 11.6. The fourth-order valence-electron chi connectivity index (χ4n) is 2.51. The van der Waals surface area contributed by atoms with Crippen molar-refractivity contribution in [2.45, 2.75) is 19.4 Å². The molecule has 2 atom stereocenters. The maximum absolute atomic E-state index is 11.6. The molecular weight excluding hydrogens is 250 g/mol. The van der Waals surface area contributed by atoms with Crippen LogP contribution < -0.4 is 11.1 Å². The summed E-state index contributed by atoms with van der Waals surface area (Å²) in [5.41, 5.74) is 7.53. The summed E-state index contributed by atoms with van der Waals surface area (Å²) in [6.45, 7) is 2.78. The van der Waals surface area contributed by atoms with Gasteiger partial charge in [-0.15, -0.1) is 0 Å². The molecule has 5 nitrogen and oxygen atoms in total. The molecule has 0 radical (unpaired) electrons. The monoisotopic (exact) mass is 269 g/mol. The first kappa shape index (κ1) is 13.3. The Morgan fingerprint density at radius 2 is 2.39 bits per heavy atom. The molecule has 1 aliphatic rings. The van der Waals surface area contributed by atoms with Crippen LogP contribution in [0, 0.1) is 5.92 Å². The number of sulfone groups is 1. The Morgan fingerprint density at radius 1 is 1.61 bits per heavy atom. The molecule has 2 unspecified atom stereocenters. The van der Waals surface area contributed by atoms with Gasteiger partial charge in [-0.25, -0.2) is 8.42 Å². The molecule has 1 fully saturated rings. The molecule has 100 valence electrons. The van der Waals surface area contributed by atoms with Gasteiger partial charge in [0.1, 0.15) is 0 Å². The van der Waals surface area contributed by atoms with E-state index < -0.39 is 9.84 Å². The second-order valence-corrected chi connectivity index (χ2v) is 6.93. The minimum Gasteiger partial charge on any atom is -0.398 e. The lowest BCUT2D eigenvalue weighted by Gasteiger charge is -2.24. The summed E-state index contributed by atoms with van der Waals surface area (Å²) in [4.78, 5) is 4.09. The van der Waals surface area contributed by atoms with Crippen molar-refractivity contribution in [2.24, 2.45) is 5.92 Å². The topological polar surface area (TPSA) is 85.1 Å². The second kappa shape index (κ2) is 5.24. The zero-order valence-electron chi connectivity index (χ0n) is 10.5. The first-order valence-electron chi connectivity index (χ1n) is 6.16.